The van der Waals surface area contributed by atoms with Crippen molar-refractivity contribution in [1.82, 2.24) is 18.9 Å². The third kappa shape index (κ3) is 3.87. The van der Waals surface area contributed by atoms with E-state index in [9.17, 15) is 0 Å². The summed E-state index contributed by atoms with van der Waals surface area (Å²) in [7, 11) is 0. The van der Waals surface area contributed by atoms with Crippen LogP contribution in [-0.4, -0.2) is 18.9 Å². The van der Waals surface area contributed by atoms with Gasteiger partial charge in [0, 0.05) is 54.7 Å². The minimum atomic E-state index is 0.714. The lowest BCUT2D eigenvalue weighted by molar-refractivity contribution is 1.17. The second-order valence-electron chi connectivity index (χ2n) is 13.0. The van der Waals surface area contributed by atoms with E-state index in [-0.39, 0.29) is 0 Å². The summed E-state index contributed by atoms with van der Waals surface area (Å²) in [5, 5.41) is 7.58. The molecule has 4 heterocycles. The standard InChI is InChI=1S/C46H28N4/c1-3-12-29(13-4-1)39-28-40(48-46(47-39)30-14-5-2-6-15-30)31-22-24-35-33-16-7-9-20-41(33)49(43(35)26-31)32-23-25-36-38-19-11-18-37-34-17-8-10-21-42(34)50(45(37)38)44(36)27-32/h1-28H. The first-order valence-corrected chi connectivity index (χ1v) is 17.0. The van der Waals surface area contributed by atoms with E-state index in [1.165, 1.54) is 54.4 Å². The zero-order valence-electron chi connectivity index (χ0n) is 27.0. The zero-order chi connectivity index (χ0) is 32.8. The molecule has 0 saturated heterocycles. The van der Waals surface area contributed by atoms with Gasteiger partial charge in [-0.1, -0.05) is 133 Å². The average molecular weight is 637 g/mol. The number of hydrogen-bond acceptors (Lipinski definition) is 2. The van der Waals surface area contributed by atoms with Gasteiger partial charge in [-0.3, -0.25) is 0 Å². The molecule has 0 aliphatic carbocycles. The van der Waals surface area contributed by atoms with Crippen LogP contribution < -0.4 is 0 Å². The summed E-state index contributed by atoms with van der Waals surface area (Å²) < 4.78 is 4.87. The molecule has 0 N–H and O–H groups in total. The number of fused-ring (bicyclic) bond motifs is 9. The molecule has 0 saturated carbocycles. The SMILES string of the molecule is c1ccc(-c2cc(-c3ccc4c5ccccc5n(-c5ccc6c7cccc8c9ccccc9n(c6c5)c87)c4c3)nc(-c3ccccc3)n2)cc1. The Balaban J connectivity index is 1.17. The van der Waals surface area contributed by atoms with Crippen LogP contribution in [0.5, 0.6) is 0 Å². The van der Waals surface area contributed by atoms with E-state index >= 15 is 0 Å². The summed E-state index contributed by atoms with van der Waals surface area (Å²) in [5.41, 5.74) is 12.1. The van der Waals surface area contributed by atoms with Crippen molar-refractivity contribution in [3.05, 3.63) is 170 Å². The van der Waals surface area contributed by atoms with Crippen molar-refractivity contribution in [3.8, 4) is 39.6 Å². The minimum absolute atomic E-state index is 0.714. The van der Waals surface area contributed by atoms with Crippen LogP contribution in [0.15, 0.2) is 170 Å². The van der Waals surface area contributed by atoms with Gasteiger partial charge in [0.2, 0.25) is 0 Å². The van der Waals surface area contributed by atoms with Crippen LogP contribution in [-0.2, 0) is 0 Å². The van der Waals surface area contributed by atoms with Gasteiger partial charge in [0.15, 0.2) is 5.82 Å². The molecule has 4 heteroatoms. The smallest absolute Gasteiger partial charge is 0.160 e. The van der Waals surface area contributed by atoms with Gasteiger partial charge in [0.25, 0.3) is 0 Å². The Kier molecular flexibility index (Phi) is 5.63. The van der Waals surface area contributed by atoms with Crippen molar-refractivity contribution >= 4 is 59.9 Å². The van der Waals surface area contributed by atoms with Crippen LogP contribution in [0.25, 0.3) is 99.5 Å². The van der Waals surface area contributed by atoms with Gasteiger partial charge in [-0.25, -0.2) is 9.97 Å². The maximum atomic E-state index is 5.15. The van der Waals surface area contributed by atoms with Crippen molar-refractivity contribution in [2.24, 2.45) is 0 Å². The van der Waals surface area contributed by atoms with Crippen LogP contribution in [0.4, 0.5) is 0 Å². The molecule has 0 aliphatic rings. The Hall–Kier alpha value is -6.78. The van der Waals surface area contributed by atoms with Gasteiger partial charge in [-0.15, -0.1) is 0 Å². The van der Waals surface area contributed by atoms with Crippen LogP contribution in [0.2, 0.25) is 0 Å². The third-order valence-electron chi connectivity index (χ3n) is 10.3. The summed E-state index contributed by atoms with van der Waals surface area (Å²) in [4.78, 5) is 10.2. The summed E-state index contributed by atoms with van der Waals surface area (Å²) >= 11 is 0. The molecule has 0 unspecified atom stereocenters. The highest BCUT2D eigenvalue weighted by Gasteiger charge is 2.20. The largest absolute Gasteiger partial charge is 0.309 e. The summed E-state index contributed by atoms with van der Waals surface area (Å²) in [6.45, 7) is 0. The highest BCUT2D eigenvalue weighted by molar-refractivity contribution is 6.23. The topological polar surface area (TPSA) is 35.1 Å². The van der Waals surface area contributed by atoms with Gasteiger partial charge in [0.05, 0.1) is 39.0 Å². The maximum absolute atomic E-state index is 5.15. The number of aromatic nitrogens is 4. The van der Waals surface area contributed by atoms with Crippen LogP contribution >= 0.6 is 0 Å². The van der Waals surface area contributed by atoms with E-state index in [0.29, 0.717) is 5.82 Å². The minimum Gasteiger partial charge on any atom is -0.309 e. The van der Waals surface area contributed by atoms with Crippen LogP contribution in [0.3, 0.4) is 0 Å². The van der Waals surface area contributed by atoms with E-state index in [1.807, 2.05) is 24.3 Å². The lowest BCUT2D eigenvalue weighted by atomic mass is 10.0. The maximum Gasteiger partial charge on any atom is 0.160 e. The zero-order valence-corrected chi connectivity index (χ0v) is 27.0. The summed E-state index contributed by atoms with van der Waals surface area (Å²) in [5.74, 6) is 0.714. The molecule has 232 valence electrons. The van der Waals surface area contributed by atoms with Gasteiger partial charge < -0.3 is 8.97 Å². The van der Waals surface area contributed by atoms with Gasteiger partial charge in [-0.2, -0.15) is 0 Å². The fourth-order valence-corrected chi connectivity index (χ4v) is 8.03. The number of benzene rings is 7. The van der Waals surface area contributed by atoms with Crippen LogP contribution in [0.1, 0.15) is 0 Å². The molecule has 11 rings (SSSR count). The molecule has 0 amide bonds. The molecule has 0 fully saturated rings. The summed E-state index contributed by atoms with van der Waals surface area (Å²) in [6, 6.07) is 60.6. The lowest BCUT2D eigenvalue weighted by Gasteiger charge is -2.11. The van der Waals surface area contributed by atoms with E-state index in [0.717, 1.165) is 39.3 Å². The van der Waals surface area contributed by atoms with E-state index in [2.05, 4.69) is 155 Å². The fourth-order valence-electron chi connectivity index (χ4n) is 8.03. The quantitative estimate of drug-likeness (QED) is 0.193. The molecule has 0 radical (unpaired) electrons. The van der Waals surface area contributed by atoms with Gasteiger partial charge in [-0.05, 0) is 36.4 Å². The number of rotatable bonds is 4. The fraction of sp³-hybridized carbons (Fsp3) is 0. The predicted molar refractivity (Wildman–Crippen MR) is 207 cm³/mol. The Morgan fingerprint density at radius 3 is 1.66 bits per heavy atom. The molecular formula is C46H28N4. The second kappa shape index (κ2) is 10.4. The molecule has 0 aliphatic heterocycles. The van der Waals surface area contributed by atoms with Crippen molar-refractivity contribution < 1.29 is 0 Å². The van der Waals surface area contributed by atoms with Crippen molar-refractivity contribution in [3.63, 3.8) is 0 Å². The van der Waals surface area contributed by atoms with E-state index in [4.69, 9.17) is 9.97 Å². The van der Waals surface area contributed by atoms with Gasteiger partial charge >= 0.3 is 0 Å². The van der Waals surface area contributed by atoms with Crippen molar-refractivity contribution in [2.45, 2.75) is 0 Å². The Morgan fingerprint density at radius 2 is 0.900 bits per heavy atom. The summed E-state index contributed by atoms with van der Waals surface area (Å²) in [6.07, 6.45) is 0. The molecule has 0 spiro atoms. The molecule has 4 aromatic heterocycles. The molecular weight excluding hydrogens is 609 g/mol. The number of para-hydroxylation sites is 3. The highest BCUT2D eigenvalue weighted by atomic mass is 15.0. The van der Waals surface area contributed by atoms with Crippen molar-refractivity contribution in [2.75, 3.05) is 0 Å². The Morgan fingerprint density at radius 1 is 0.340 bits per heavy atom. The monoisotopic (exact) mass is 636 g/mol. The normalized spacial score (nSPS) is 12.0. The first-order chi connectivity index (χ1) is 24.8. The molecule has 4 nitrogen and oxygen atoms in total. The molecule has 0 bridgehead atoms. The molecule has 50 heavy (non-hydrogen) atoms. The number of nitrogens with zero attached hydrogens (tertiary/aromatic N) is 4. The predicted octanol–water partition coefficient (Wildman–Crippen LogP) is 11.7. The van der Waals surface area contributed by atoms with Gasteiger partial charge in [0.1, 0.15) is 0 Å². The molecule has 0 atom stereocenters. The molecule has 7 aromatic carbocycles. The highest BCUT2D eigenvalue weighted by Crippen LogP contribution is 2.41. The van der Waals surface area contributed by atoms with E-state index in [1.54, 1.807) is 0 Å². The number of hydrogen-bond donors (Lipinski definition) is 0. The van der Waals surface area contributed by atoms with Crippen molar-refractivity contribution in [1.29, 1.82) is 0 Å². The first kappa shape index (κ1) is 27.2. The Labute approximate surface area is 287 Å². The second-order valence-corrected chi connectivity index (χ2v) is 13.0. The van der Waals surface area contributed by atoms with E-state index < -0.39 is 0 Å². The third-order valence-corrected chi connectivity index (χ3v) is 10.3. The Bertz CT molecular complexity index is 3020. The molecule has 11 aromatic rings. The van der Waals surface area contributed by atoms with Crippen LogP contribution in [0, 0.1) is 0 Å². The average Bonchev–Trinajstić information content (AvgIpc) is 3.83. The lowest BCUT2D eigenvalue weighted by Crippen LogP contribution is -1.97. The first-order valence-electron chi connectivity index (χ1n) is 17.0.